The van der Waals surface area contributed by atoms with Crippen molar-refractivity contribution < 1.29 is 4.42 Å². The molecule has 112 valence electrons. The fourth-order valence-electron chi connectivity index (χ4n) is 3.85. The Morgan fingerprint density at radius 2 is 1.95 bits per heavy atom. The summed E-state index contributed by atoms with van der Waals surface area (Å²) in [7, 11) is 2.24. The predicted molar refractivity (Wildman–Crippen MR) is 78.9 cm³/mol. The highest BCUT2D eigenvalue weighted by molar-refractivity contribution is 5.26. The Morgan fingerprint density at radius 1 is 1.15 bits per heavy atom. The van der Waals surface area contributed by atoms with Crippen molar-refractivity contribution in [1.29, 1.82) is 0 Å². The molecule has 5 heteroatoms. The Bertz CT molecular complexity index is 443. The van der Waals surface area contributed by atoms with Gasteiger partial charge in [-0.15, -0.1) is 5.10 Å². The summed E-state index contributed by atoms with van der Waals surface area (Å²) in [5.74, 6) is 0.780. The fourth-order valence-corrected chi connectivity index (χ4v) is 3.85. The minimum atomic E-state index is 0.435. The van der Waals surface area contributed by atoms with Crippen molar-refractivity contribution in [1.82, 2.24) is 15.1 Å². The number of likely N-dealkylation sites (tertiary alicyclic amines) is 1. The molecule has 3 heterocycles. The molecule has 1 aromatic rings. The molecule has 1 aromatic heterocycles. The van der Waals surface area contributed by atoms with E-state index in [1.165, 1.54) is 38.8 Å². The van der Waals surface area contributed by atoms with E-state index in [2.05, 4.69) is 34.0 Å². The van der Waals surface area contributed by atoms with Crippen LogP contribution in [0, 0.1) is 5.41 Å². The summed E-state index contributed by atoms with van der Waals surface area (Å²) in [6, 6.07) is 0.737. The summed E-state index contributed by atoms with van der Waals surface area (Å²) in [5.41, 5.74) is 0.435. The minimum absolute atomic E-state index is 0.435. The number of nitrogens with zero attached hydrogens (tertiary/aromatic N) is 4. The molecule has 1 atom stereocenters. The van der Waals surface area contributed by atoms with E-state index >= 15 is 0 Å². The molecule has 20 heavy (non-hydrogen) atoms. The van der Waals surface area contributed by atoms with Crippen LogP contribution >= 0.6 is 0 Å². The first kappa shape index (κ1) is 13.9. The zero-order valence-corrected chi connectivity index (χ0v) is 12.8. The van der Waals surface area contributed by atoms with Crippen LogP contribution in [-0.2, 0) is 6.42 Å². The molecule has 0 bridgehead atoms. The number of hydrogen-bond acceptors (Lipinski definition) is 5. The normalized spacial score (nSPS) is 28.2. The monoisotopic (exact) mass is 278 g/mol. The number of piperidine rings is 2. The molecule has 0 unspecified atom stereocenters. The molecule has 0 aliphatic carbocycles. The van der Waals surface area contributed by atoms with Gasteiger partial charge in [0, 0.05) is 31.5 Å². The molecule has 0 N–H and O–H groups in total. The molecule has 3 rings (SSSR count). The summed E-state index contributed by atoms with van der Waals surface area (Å²) in [6.45, 7) is 6.71. The lowest BCUT2D eigenvalue weighted by molar-refractivity contribution is 0.0893. The lowest BCUT2D eigenvalue weighted by Gasteiger charge is -2.47. The van der Waals surface area contributed by atoms with Gasteiger partial charge < -0.3 is 14.2 Å². The van der Waals surface area contributed by atoms with Gasteiger partial charge in [0.2, 0.25) is 5.89 Å². The quantitative estimate of drug-likeness (QED) is 0.849. The van der Waals surface area contributed by atoms with E-state index in [0.717, 1.165) is 37.8 Å². The van der Waals surface area contributed by atoms with E-state index in [1.807, 2.05) is 0 Å². The van der Waals surface area contributed by atoms with Crippen molar-refractivity contribution in [2.45, 2.75) is 45.4 Å². The maximum Gasteiger partial charge on any atom is 0.318 e. The van der Waals surface area contributed by atoms with Gasteiger partial charge in [-0.25, -0.2) is 0 Å². The van der Waals surface area contributed by atoms with Crippen LogP contribution in [0.4, 0.5) is 6.01 Å². The van der Waals surface area contributed by atoms with Crippen molar-refractivity contribution in [2.24, 2.45) is 5.41 Å². The van der Waals surface area contributed by atoms with E-state index in [0.29, 0.717) is 5.41 Å². The maximum atomic E-state index is 5.81. The molecule has 2 aliphatic rings. The van der Waals surface area contributed by atoms with Crippen LogP contribution in [0.15, 0.2) is 4.42 Å². The van der Waals surface area contributed by atoms with Gasteiger partial charge in [0.25, 0.3) is 0 Å². The first-order valence-electron chi connectivity index (χ1n) is 7.97. The summed E-state index contributed by atoms with van der Waals surface area (Å²) >= 11 is 0. The molecule has 2 fully saturated rings. The molecular formula is C15H26N4O. The van der Waals surface area contributed by atoms with Gasteiger partial charge >= 0.3 is 6.01 Å². The van der Waals surface area contributed by atoms with Crippen molar-refractivity contribution in [3.05, 3.63) is 5.89 Å². The Kier molecular flexibility index (Phi) is 3.96. The molecule has 0 saturated carbocycles. The standard InChI is InChI=1S/C15H26N4O/c1-3-6-13-16-17-14(20-13)19-10-5-8-15(12-19)7-4-9-18(2)11-15/h3-12H2,1-2H3/t15-/m0/s1. The van der Waals surface area contributed by atoms with Gasteiger partial charge in [-0.3, -0.25) is 0 Å². The minimum Gasteiger partial charge on any atom is -0.408 e. The van der Waals surface area contributed by atoms with Crippen LogP contribution in [0.1, 0.15) is 44.9 Å². The smallest absolute Gasteiger partial charge is 0.318 e. The highest BCUT2D eigenvalue weighted by atomic mass is 16.4. The molecule has 1 spiro atoms. The lowest BCUT2D eigenvalue weighted by Crippen LogP contribution is -2.51. The topological polar surface area (TPSA) is 45.4 Å². The summed E-state index contributed by atoms with van der Waals surface area (Å²) in [5, 5.41) is 8.41. The average Bonchev–Trinajstić information content (AvgIpc) is 2.88. The Hall–Kier alpha value is -1.10. The average molecular weight is 278 g/mol. The van der Waals surface area contributed by atoms with Gasteiger partial charge in [-0.1, -0.05) is 12.0 Å². The van der Waals surface area contributed by atoms with Crippen molar-refractivity contribution in [2.75, 3.05) is 38.1 Å². The van der Waals surface area contributed by atoms with Crippen LogP contribution in [0.2, 0.25) is 0 Å². The Labute approximate surface area is 121 Å². The molecule has 5 nitrogen and oxygen atoms in total. The first-order valence-corrected chi connectivity index (χ1v) is 7.97. The Morgan fingerprint density at radius 3 is 2.70 bits per heavy atom. The maximum absolute atomic E-state index is 5.81. The zero-order valence-electron chi connectivity index (χ0n) is 12.8. The third-order valence-corrected chi connectivity index (χ3v) is 4.70. The number of rotatable bonds is 3. The SMILES string of the molecule is CCCc1nnc(N2CCC[C@]3(CCCN(C)C3)C2)o1. The first-order chi connectivity index (χ1) is 9.71. The second kappa shape index (κ2) is 5.72. The molecular weight excluding hydrogens is 252 g/mol. The Balaban J connectivity index is 1.70. The highest BCUT2D eigenvalue weighted by Gasteiger charge is 2.39. The largest absolute Gasteiger partial charge is 0.408 e. The van der Waals surface area contributed by atoms with E-state index < -0.39 is 0 Å². The van der Waals surface area contributed by atoms with Crippen LogP contribution in [-0.4, -0.2) is 48.3 Å². The predicted octanol–water partition coefficient (Wildman–Crippen LogP) is 2.33. The van der Waals surface area contributed by atoms with Gasteiger partial charge in [0.15, 0.2) is 0 Å². The van der Waals surface area contributed by atoms with E-state index in [-0.39, 0.29) is 0 Å². The second-order valence-electron chi connectivity index (χ2n) is 6.59. The van der Waals surface area contributed by atoms with Crippen LogP contribution in [0.5, 0.6) is 0 Å². The number of hydrogen-bond donors (Lipinski definition) is 0. The van der Waals surface area contributed by atoms with E-state index in [4.69, 9.17) is 4.42 Å². The molecule has 0 radical (unpaired) electrons. The van der Waals surface area contributed by atoms with Gasteiger partial charge in [-0.05, 0) is 45.7 Å². The summed E-state index contributed by atoms with van der Waals surface area (Å²) < 4.78 is 5.81. The number of aryl methyl sites for hydroxylation is 1. The molecule has 0 aromatic carbocycles. The van der Waals surface area contributed by atoms with Crippen LogP contribution in [0.25, 0.3) is 0 Å². The molecule has 2 saturated heterocycles. The van der Waals surface area contributed by atoms with Crippen molar-refractivity contribution in [3.63, 3.8) is 0 Å². The van der Waals surface area contributed by atoms with Crippen molar-refractivity contribution in [3.8, 4) is 0 Å². The van der Waals surface area contributed by atoms with E-state index in [9.17, 15) is 0 Å². The third kappa shape index (κ3) is 2.82. The van der Waals surface area contributed by atoms with Crippen molar-refractivity contribution >= 4 is 6.01 Å². The van der Waals surface area contributed by atoms with Crippen LogP contribution < -0.4 is 4.90 Å². The molecule has 0 amide bonds. The second-order valence-corrected chi connectivity index (χ2v) is 6.59. The van der Waals surface area contributed by atoms with Gasteiger partial charge in [0.1, 0.15) is 0 Å². The van der Waals surface area contributed by atoms with Gasteiger partial charge in [-0.2, -0.15) is 0 Å². The lowest BCUT2D eigenvalue weighted by atomic mass is 9.74. The number of anilines is 1. The third-order valence-electron chi connectivity index (χ3n) is 4.70. The van der Waals surface area contributed by atoms with Crippen LogP contribution in [0.3, 0.4) is 0 Å². The summed E-state index contributed by atoms with van der Waals surface area (Å²) in [6.07, 6.45) is 7.16. The fraction of sp³-hybridized carbons (Fsp3) is 0.867. The van der Waals surface area contributed by atoms with E-state index in [1.54, 1.807) is 0 Å². The zero-order chi connectivity index (χ0) is 14.0. The highest BCUT2D eigenvalue weighted by Crippen LogP contribution is 2.39. The number of aromatic nitrogens is 2. The van der Waals surface area contributed by atoms with Gasteiger partial charge in [0.05, 0.1) is 0 Å². The summed E-state index contributed by atoms with van der Waals surface area (Å²) in [4.78, 5) is 4.79. The molecule has 2 aliphatic heterocycles.